The number of allylic oxidation sites excluding steroid dienone is 3. The minimum Gasteiger partial charge on any atom is -0.350 e. The van der Waals surface area contributed by atoms with Gasteiger partial charge in [-0.3, -0.25) is 0 Å². The van der Waals surface area contributed by atoms with Crippen LogP contribution in [-0.4, -0.2) is 11.9 Å². The molecule has 0 aromatic carbocycles. The molecule has 0 aromatic rings. The Balaban J connectivity index is 4.08. The third-order valence-corrected chi connectivity index (χ3v) is 1.36. The van der Waals surface area contributed by atoms with Gasteiger partial charge in [-0.05, 0) is 19.9 Å². The van der Waals surface area contributed by atoms with E-state index >= 15 is 0 Å². The fraction of sp³-hybridized carbons (Fsp3) is 0.333. The van der Waals surface area contributed by atoms with Gasteiger partial charge in [0.05, 0.1) is 0 Å². The maximum absolute atomic E-state index is 3.84. The highest BCUT2D eigenvalue weighted by Gasteiger charge is 1.95. The van der Waals surface area contributed by atoms with Gasteiger partial charge in [0.2, 0.25) is 0 Å². The van der Waals surface area contributed by atoms with E-state index in [1.54, 1.807) is 0 Å². The molecule has 0 saturated carbocycles. The quantitative estimate of drug-likeness (QED) is 0.540. The van der Waals surface area contributed by atoms with Crippen LogP contribution in [0.1, 0.15) is 13.8 Å². The third kappa shape index (κ3) is 2.53. The maximum atomic E-state index is 3.84. The molecule has 1 heteroatoms. The van der Waals surface area contributed by atoms with Crippen LogP contribution in [0.15, 0.2) is 36.7 Å². The van der Waals surface area contributed by atoms with E-state index < -0.39 is 0 Å². The molecule has 0 amide bonds. The zero-order valence-electron chi connectivity index (χ0n) is 7.02. The van der Waals surface area contributed by atoms with Gasteiger partial charge >= 0.3 is 0 Å². The van der Waals surface area contributed by atoms with E-state index in [0.29, 0.717) is 0 Å². The van der Waals surface area contributed by atoms with E-state index in [1.165, 1.54) is 0 Å². The van der Waals surface area contributed by atoms with Crippen molar-refractivity contribution < 1.29 is 0 Å². The summed E-state index contributed by atoms with van der Waals surface area (Å²) in [5, 5.41) is 0. The molecule has 0 fully saturated rings. The van der Waals surface area contributed by atoms with Crippen molar-refractivity contribution in [3.63, 3.8) is 0 Å². The monoisotopic (exact) mass is 137 g/mol. The molecule has 0 heterocycles. The Hall–Kier alpha value is -0.980. The summed E-state index contributed by atoms with van der Waals surface area (Å²) in [5.74, 6) is 0. The van der Waals surface area contributed by atoms with Gasteiger partial charge < -0.3 is 4.90 Å². The molecule has 0 atom stereocenters. The molecule has 0 aliphatic heterocycles. The lowest BCUT2D eigenvalue weighted by Crippen LogP contribution is -2.11. The Kier molecular flexibility index (Phi) is 3.55. The van der Waals surface area contributed by atoms with Crippen molar-refractivity contribution in [2.24, 2.45) is 0 Å². The molecule has 0 radical (unpaired) electrons. The summed E-state index contributed by atoms with van der Waals surface area (Å²) >= 11 is 0. The van der Waals surface area contributed by atoms with E-state index in [-0.39, 0.29) is 0 Å². The second-order valence-corrected chi connectivity index (χ2v) is 2.29. The van der Waals surface area contributed by atoms with Crippen LogP contribution in [0.5, 0.6) is 0 Å². The van der Waals surface area contributed by atoms with Crippen LogP contribution >= 0.6 is 0 Å². The minimum atomic E-state index is 0.968. The first kappa shape index (κ1) is 9.02. The highest BCUT2D eigenvalue weighted by atomic mass is 15.1. The molecule has 1 nitrogen and oxygen atoms in total. The Morgan fingerprint density at radius 3 is 2.20 bits per heavy atom. The summed E-state index contributed by atoms with van der Waals surface area (Å²) in [6.07, 6.45) is 3.91. The van der Waals surface area contributed by atoms with Crippen LogP contribution in [0, 0.1) is 0 Å². The number of hydrogen-bond acceptors (Lipinski definition) is 1. The lowest BCUT2D eigenvalue weighted by atomic mass is 10.3. The van der Waals surface area contributed by atoms with Crippen LogP contribution in [0.25, 0.3) is 0 Å². The van der Waals surface area contributed by atoms with E-state index in [2.05, 4.69) is 13.2 Å². The fourth-order valence-corrected chi connectivity index (χ4v) is 0.549. The van der Waals surface area contributed by atoms with Crippen LogP contribution in [0.2, 0.25) is 0 Å². The molecule has 0 bridgehead atoms. The minimum absolute atomic E-state index is 0.968. The van der Waals surface area contributed by atoms with Crippen molar-refractivity contribution in [1.82, 2.24) is 4.90 Å². The second kappa shape index (κ2) is 3.94. The predicted molar refractivity (Wildman–Crippen MR) is 46.5 cm³/mol. The fourth-order valence-electron chi connectivity index (χ4n) is 0.549. The van der Waals surface area contributed by atoms with Crippen molar-refractivity contribution in [3.8, 4) is 0 Å². The van der Waals surface area contributed by atoms with E-state index in [0.717, 1.165) is 11.4 Å². The molecule has 0 spiro atoms. The van der Waals surface area contributed by atoms with Gasteiger partial charge in [-0.25, -0.2) is 0 Å². The second-order valence-electron chi connectivity index (χ2n) is 2.29. The lowest BCUT2D eigenvalue weighted by molar-refractivity contribution is 0.542. The zero-order chi connectivity index (χ0) is 8.15. The maximum Gasteiger partial charge on any atom is 0.0328 e. The number of likely N-dealkylation sites (N-methyl/N-ethyl adjacent to an activating group) is 1. The molecule has 0 N–H and O–H groups in total. The normalized spacial score (nSPS) is 9.90. The molecular weight excluding hydrogens is 122 g/mol. The predicted octanol–water partition coefficient (Wildman–Crippen LogP) is 2.54. The Labute approximate surface area is 63.3 Å². The Morgan fingerprint density at radius 1 is 1.40 bits per heavy atom. The van der Waals surface area contributed by atoms with Crippen molar-refractivity contribution in [3.05, 3.63) is 36.7 Å². The molecule has 0 unspecified atom stereocenters. The summed E-state index contributed by atoms with van der Waals surface area (Å²) in [5.41, 5.74) is 1.97. The first-order valence-electron chi connectivity index (χ1n) is 3.30. The summed E-state index contributed by atoms with van der Waals surface area (Å²) in [4.78, 5) is 1.94. The average Bonchev–Trinajstić information content (AvgIpc) is 1.87. The van der Waals surface area contributed by atoms with Gasteiger partial charge in [-0.1, -0.05) is 19.2 Å². The molecule has 0 rings (SSSR count). The smallest absolute Gasteiger partial charge is 0.0328 e. The molecule has 0 aromatic heterocycles. The van der Waals surface area contributed by atoms with Crippen LogP contribution in [0.3, 0.4) is 0 Å². The Morgan fingerprint density at radius 2 is 1.90 bits per heavy atom. The summed E-state index contributed by atoms with van der Waals surface area (Å²) in [7, 11) is 1.95. The molecule has 56 valence electrons. The molecule has 10 heavy (non-hydrogen) atoms. The highest BCUT2D eigenvalue weighted by Crippen LogP contribution is 2.06. The standard InChI is InChI=1S/C9H15N/c1-6-7-9(4)10(5)8(2)3/h6-7H,2,4H2,1,3,5H3/b7-6-. The first-order valence-corrected chi connectivity index (χ1v) is 3.30. The summed E-state index contributed by atoms with van der Waals surface area (Å²) < 4.78 is 0. The highest BCUT2D eigenvalue weighted by molar-refractivity contribution is 5.16. The number of nitrogens with zero attached hydrogens (tertiary/aromatic N) is 1. The van der Waals surface area contributed by atoms with Crippen LogP contribution in [0.4, 0.5) is 0 Å². The third-order valence-electron chi connectivity index (χ3n) is 1.36. The van der Waals surface area contributed by atoms with E-state index in [1.807, 2.05) is 37.9 Å². The van der Waals surface area contributed by atoms with E-state index in [9.17, 15) is 0 Å². The van der Waals surface area contributed by atoms with Gasteiger partial charge in [0.15, 0.2) is 0 Å². The zero-order valence-corrected chi connectivity index (χ0v) is 7.02. The lowest BCUT2D eigenvalue weighted by Gasteiger charge is -2.18. The summed E-state index contributed by atoms with van der Waals surface area (Å²) in [6, 6.07) is 0. The number of hydrogen-bond donors (Lipinski definition) is 0. The Bertz CT molecular complexity index is 166. The summed E-state index contributed by atoms with van der Waals surface area (Å²) in [6.45, 7) is 11.6. The molecule has 0 aliphatic rings. The topological polar surface area (TPSA) is 3.24 Å². The van der Waals surface area contributed by atoms with Gasteiger partial charge in [0.25, 0.3) is 0 Å². The van der Waals surface area contributed by atoms with Crippen molar-refractivity contribution in [1.29, 1.82) is 0 Å². The van der Waals surface area contributed by atoms with E-state index in [4.69, 9.17) is 0 Å². The average molecular weight is 137 g/mol. The van der Waals surface area contributed by atoms with Crippen molar-refractivity contribution in [2.75, 3.05) is 7.05 Å². The molecular formula is C9H15N. The molecule has 0 aliphatic carbocycles. The molecule has 0 saturated heterocycles. The SMILES string of the molecule is C=C(C)N(C)C(=C)/C=C\C. The van der Waals surface area contributed by atoms with Gasteiger partial charge in [-0.2, -0.15) is 0 Å². The van der Waals surface area contributed by atoms with Gasteiger partial charge in [-0.15, -0.1) is 0 Å². The van der Waals surface area contributed by atoms with Crippen molar-refractivity contribution >= 4 is 0 Å². The van der Waals surface area contributed by atoms with Gasteiger partial charge in [0, 0.05) is 18.4 Å². The first-order chi connectivity index (χ1) is 4.59. The van der Waals surface area contributed by atoms with Crippen molar-refractivity contribution in [2.45, 2.75) is 13.8 Å². The van der Waals surface area contributed by atoms with Crippen LogP contribution < -0.4 is 0 Å². The largest absolute Gasteiger partial charge is 0.350 e. The number of rotatable bonds is 3. The van der Waals surface area contributed by atoms with Crippen LogP contribution in [-0.2, 0) is 0 Å². The van der Waals surface area contributed by atoms with Gasteiger partial charge in [0.1, 0.15) is 0 Å².